The largest absolute Gasteiger partial charge is 0.299 e. The summed E-state index contributed by atoms with van der Waals surface area (Å²) in [7, 11) is 0. The molecule has 0 heterocycles. The SMILES string of the molecule is CCC1(C(=O)Cc2cc(F)cc(Br)c2)CCCC1. The lowest BCUT2D eigenvalue weighted by molar-refractivity contribution is -0.128. The van der Waals surface area contributed by atoms with Gasteiger partial charge in [-0.1, -0.05) is 35.7 Å². The van der Waals surface area contributed by atoms with Crippen molar-refractivity contribution in [3.05, 3.63) is 34.1 Å². The standard InChI is InChI=1S/C15H18BrFO/c1-2-15(5-3-4-6-15)14(18)9-11-7-12(16)10-13(17)8-11/h7-8,10H,2-6,9H2,1H3. The lowest BCUT2D eigenvalue weighted by Crippen LogP contribution is -2.28. The molecule has 0 N–H and O–H groups in total. The van der Waals surface area contributed by atoms with E-state index >= 15 is 0 Å². The minimum Gasteiger partial charge on any atom is -0.299 e. The van der Waals surface area contributed by atoms with Gasteiger partial charge in [0, 0.05) is 16.3 Å². The van der Waals surface area contributed by atoms with Gasteiger partial charge < -0.3 is 0 Å². The Balaban J connectivity index is 2.15. The molecule has 0 aromatic heterocycles. The maximum absolute atomic E-state index is 13.3. The molecule has 0 unspecified atom stereocenters. The highest BCUT2D eigenvalue weighted by atomic mass is 79.9. The van der Waals surface area contributed by atoms with Crippen LogP contribution in [0.4, 0.5) is 4.39 Å². The fourth-order valence-corrected chi connectivity index (χ4v) is 3.48. The molecule has 1 fully saturated rings. The third-order valence-electron chi connectivity index (χ3n) is 4.12. The van der Waals surface area contributed by atoms with Crippen molar-refractivity contribution in [3.63, 3.8) is 0 Å². The third kappa shape index (κ3) is 2.82. The van der Waals surface area contributed by atoms with Crippen molar-refractivity contribution in [1.29, 1.82) is 0 Å². The fraction of sp³-hybridized carbons (Fsp3) is 0.533. The van der Waals surface area contributed by atoms with Crippen LogP contribution in [0, 0.1) is 11.2 Å². The van der Waals surface area contributed by atoms with E-state index in [1.165, 1.54) is 12.1 Å². The summed E-state index contributed by atoms with van der Waals surface area (Å²) in [5.74, 6) is -0.0101. The van der Waals surface area contributed by atoms with E-state index in [9.17, 15) is 9.18 Å². The molecule has 0 atom stereocenters. The second kappa shape index (κ2) is 5.52. The van der Waals surface area contributed by atoms with Crippen molar-refractivity contribution < 1.29 is 9.18 Å². The zero-order chi connectivity index (χ0) is 13.2. The van der Waals surface area contributed by atoms with E-state index in [4.69, 9.17) is 0 Å². The molecular weight excluding hydrogens is 295 g/mol. The monoisotopic (exact) mass is 312 g/mol. The molecule has 98 valence electrons. The smallest absolute Gasteiger partial charge is 0.143 e. The second-order valence-corrected chi connectivity index (χ2v) is 6.13. The summed E-state index contributed by atoms with van der Waals surface area (Å²) in [5.41, 5.74) is 0.630. The number of hydrogen-bond acceptors (Lipinski definition) is 1. The molecule has 1 nitrogen and oxygen atoms in total. The van der Waals surface area contributed by atoms with Gasteiger partial charge >= 0.3 is 0 Å². The molecule has 0 saturated heterocycles. The van der Waals surface area contributed by atoms with Gasteiger partial charge in [-0.3, -0.25) is 4.79 Å². The van der Waals surface area contributed by atoms with Gasteiger partial charge in [-0.15, -0.1) is 0 Å². The van der Waals surface area contributed by atoms with Crippen LogP contribution in [0.1, 0.15) is 44.6 Å². The van der Waals surface area contributed by atoms with Crippen molar-refractivity contribution >= 4 is 21.7 Å². The Morgan fingerprint density at radius 2 is 2.00 bits per heavy atom. The summed E-state index contributed by atoms with van der Waals surface area (Å²) in [5, 5.41) is 0. The molecule has 1 aromatic carbocycles. The first-order valence-corrected chi connectivity index (χ1v) is 7.33. The van der Waals surface area contributed by atoms with Crippen molar-refractivity contribution in [2.75, 3.05) is 0 Å². The van der Waals surface area contributed by atoms with Gasteiger partial charge in [0.25, 0.3) is 0 Å². The average Bonchev–Trinajstić information content (AvgIpc) is 2.77. The first-order valence-electron chi connectivity index (χ1n) is 6.54. The number of benzene rings is 1. The molecule has 0 radical (unpaired) electrons. The van der Waals surface area contributed by atoms with Crippen LogP contribution in [-0.4, -0.2) is 5.78 Å². The van der Waals surface area contributed by atoms with E-state index in [0.29, 0.717) is 10.9 Å². The van der Waals surface area contributed by atoms with Crippen LogP contribution >= 0.6 is 15.9 Å². The Hall–Kier alpha value is -0.700. The third-order valence-corrected chi connectivity index (χ3v) is 4.57. The van der Waals surface area contributed by atoms with E-state index in [0.717, 1.165) is 37.7 Å². The minimum absolute atomic E-state index is 0.140. The summed E-state index contributed by atoms with van der Waals surface area (Å²) in [6.45, 7) is 2.09. The average molecular weight is 313 g/mol. The number of ketones is 1. The van der Waals surface area contributed by atoms with Crippen LogP contribution in [-0.2, 0) is 11.2 Å². The van der Waals surface area contributed by atoms with E-state index in [2.05, 4.69) is 22.9 Å². The molecule has 0 aliphatic heterocycles. The van der Waals surface area contributed by atoms with Crippen molar-refractivity contribution in [2.24, 2.45) is 5.41 Å². The number of halogens is 2. The molecule has 1 aromatic rings. The van der Waals surface area contributed by atoms with Gasteiger partial charge in [-0.2, -0.15) is 0 Å². The molecule has 0 amide bonds. The van der Waals surface area contributed by atoms with Gasteiger partial charge in [0.05, 0.1) is 0 Å². The predicted octanol–water partition coefficient (Wildman–Crippen LogP) is 4.67. The van der Waals surface area contributed by atoms with Gasteiger partial charge in [0.15, 0.2) is 0 Å². The van der Waals surface area contributed by atoms with E-state index in [1.807, 2.05) is 6.07 Å². The van der Waals surface area contributed by atoms with Crippen molar-refractivity contribution in [2.45, 2.75) is 45.4 Å². The van der Waals surface area contributed by atoms with Crippen LogP contribution in [0.25, 0.3) is 0 Å². The number of hydrogen-bond donors (Lipinski definition) is 0. The zero-order valence-corrected chi connectivity index (χ0v) is 12.2. The Morgan fingerprint density at radius 3 is 2.56 bits per heavy atom. The summed E-state index contributed by atoms with van der Waals surface area (Å²) in [4.78, 5) is 12.5. The van der Waals surface area contributed by atoms with E-state index in [-0.39, 0.29) is 17.0 Å². The van der Waals surface area contributed by atoms with Gasteiger partial charge in [0.2, 0.25) is 0 Å². The number of rotatable bonds is 4. The molecule has 1 aliphatic rings. The predicted molar refractivity (Wildman–Crippen MR) is 74.0 cm³/mol. The van der Waals surface area contributed by atoms with E-state index in [1.54, 1.807) is 0 Å². The molecule has 18 heavy (non-hydrogen) atoms. The van der Waals surface area contributed by atoms with Gasteiger partial charge in [-0.05, 0) is 43.0 Å². The van der Waals surface area contributed by atoms with Crippen LogP contribution in [0.3, 0.4) is 0 Å². The highest BCUT2D eigenvalue weighted by molar-refractivity contribution is 9.10. The minimum atomic E-state index is -0.288. The zero-order valence-electron chi connectivity index (χ0n) is 10.6. The summed E-state index contributed by atoms with van der Waals surface area (Å²) in [6.07, 6.45) is 5.54. The van der Waals surface area contributed by atoms with Gasteiger partial charge in [-0.25, -0.2) is 4.39 Å². The molecule has 1 aliphatic carbocycles. The molecular formula is C15H18BrFO. The molecule has 0 spiro atoms. The highest BCUT2D eigenvalue weighted by Crippen LogP contribution is 2.42. The van der Waals surface area contributed by atoms with Crippen LogP contribution in [0.5, 0.6) is 0 Å². The Labute approximate surface area is 116 Å². The van der Waals surface area contributed by atoms with Crippen molar-refractivity contribution in [1.82, 2.24) is 0 Å². The van der Waals surface area contributed by atoms with E-state index < -0.39 is 0 Å². The van der Waals surface area contributed by atoms with Crippen LogP contribution < -0.4 is 0 Å². The molecule has 2 rings (SSSR count). The Morgan fingerprint density at radius 1 is 1.33 bits per heavy atom. The number of carbonyl (C=O) groups excluding carboxylic acids is 1. The maximum Gasteiger partial charge on any atom is 0.143 e. The number of carbonyl (C=O) groups is 1. The topological polar surface area (TPSA) is 17.1 Å². The summed E-state index contributed by atoms with van der Waals surface area (Å²) >= 11 is 3.27. The number of Topliss-reactive ketones (excluding diaryl/α,β-unsaturated/α-hetero) is 1. The maximum atomic E-state index is 13.3. The molecule has 3 heteroatoms. The van der Waals surface area contributed by atoms with Crippen molar-refractivity contribution in [3.8, 4) is 0 Å². The lowest BCUT2D eigenvalue weighted by Gasteiger charge is -2.25. The van der Waals surface area contributed by atoms with Gasteiger partial charge in [0.1, 0.15) is 11.6 Å². The fourth-order valence-electron chi connectivity index (χ4n) is 2.97. The van der Waals surface area contributed by atoms with Crippen LogP contribution in [0.15, 0.2) is 22.7 Å². The summed E-state index contributed by atoms with van der Waals surface area (Å²) in [6, 6.07) is 4.71. The first-order chi connectivity index (χ1) is 8.55. The normalized spacial score (nSPS) is 17.9. The lowest BCUT2D eigenvalue weighted by atomic mass is 9.77. The highest BCUT2D eigenvalue weighted by Gasteiger charge is 2.38. The Bertz CT molecular complexity index is 430. The molecule has 1 saturated carbocycles. The van der Waals surface area contributed by atoms with Crippen LogP contribution in [0.2, 0.25) is 0 Å². The second-order valence-electron chi connectivity index (χ2n) is 5.22. The quantitative estimate of drug-likeness (QED) is 0.789. The molecule has 0 bridgehead atoms. The first kappa shape index (κ1) is 13.7. The Kier molecular flexibility index (Phi) is 4.21. The summed E-state index contributed by atoms with van der Waals surface area (Å²) < 4.78 is 14.0.